The van der Waals surface area contributed by atoms with Crippen molar-refractivity contribution in [3.63, 3.8) is 0 Å². The van der Waals surface area contributed by atoms with Gasteiger partial charge in [0.05, 0.1) is 17.6 Å². The summed E-state index contributed by atoms with van der Waals surface area (Å²) in [6.45, 7) is 0.0719. The van der Waals surface area contributed by atoms with Crippen LogP contribution in [0.15, 0.2) is 18.2 Å². The largest absolute Gasteiger partial charge is 0.465 e. The molecule has 0 radical (unpaired) electrons. The van der Waals surface area contributed by atoms with Gasteiger partial charge >= 0.3 is 5.97 Å². The van der Waals surface area contributed by atoms with Crippen LogP contribution in [0.5, 0.6) is 0 Å². The topological polar surface area (TPSA) is 92.9 Å². The molecule has 0 spiro atoms. The molecule has 92 valence electrons. The van der Waals surface area contributed by atoms with Gasteiger partial charge in [-0.2, -0.15) is 5.06 Å². The number of nitro benzene ring substituents is 1. The minimum atomic E-state index is -0.675. The van der Waals surface area contributed by atoms with Crippen LogP contribution >= 0.6 is 0 Å². The Morgan fingerprint density at radius 2 is 2.24 bits per heavy atom. The zero-order valence-electron chi connectivity index (χ0n) is 9.41. The molecule has 0 bridgehead atoms. The van der Waals surface area contributed by atoms with Crippen LogP contribution in [0.3, 0.4) is 0 Å². The van der Waals surface area contributed by atoms with E-state index in [1.54, 1.807) is 0 Å². The van der Waals surface area contributed by atoms with Crippen molar-refractivity contribution >= 4 is 11.7 Å². The fraction of sp³-hybridized carbons (Fsp3) is 0.300. The molecular formula is C10H12N2O5. The molecule has 1 aromatic carbocycles. The summed E-state index contributed by atoms with van der Waals surface area (Å²) in [4.78, 5) is 21.4. The number of rotatable bonds is 4. The molecule has 0 aromatic heterocycles. The molecule has 1 aromatic rings. The lowest BCUT2D eigenvalue weighted by molar-refractivity contribution is -0.384. The van der Waals surface area contributed by atoms with Gasteiger partial charge in [0.1, 0.15) is 0 Å². The van der Waals surface area contributed by atoms with E-state index >= 15 is 0 Å². The highest BCUT2D eigenvalue weighted by molar-refractivity contribution is 5.91. The highest BCUT2D eigenvalue weighted by Crippen LogP contribution is 2.19. The van der Waals surface area contributed by atoms with Gasteiger partial charge in [-0.05, 0) is 11.6 Å². The van der Waals surface area contributed by atoms with Crippen LogP contribution < -0.4 is 0 Å². The van der Waals surface area contributed by atoms with Gasteiger partial charge in [-0.15, -0.1) is 0 Å². The van der Waals surface area contributed by atoms with Gasteiger partial charge in [-0.25, -0.2) is 4.79 Å². The fourth-order valence-electron chi connectivity index (χ4n) is 1.36. The van der Waals surface area contributed by atoms with Crippen LogP contribution in [0.2, 0.25) is 0 Å². The number of hydrogen-bond donors (Lipinski definition) is 1. The van der Waals surface area contributed by atoms with Crippen LogP contribution in [0.4, 0.5) is 5.69 Å². The zero-order chi connectivity index (χ0) is 13.0. The predicted molar refractivity (Wildman–Crippen MR) is 57.7 cm³/mol. The van der Waals surface area contributed by atoms with Gasteiger partial charge in [-0.3, -0.25) is 10.1 Å². The number of methoxy groups -OCH3 is 1. The second-order valence-corrected chi connectivity index (χ2v) is 3.41. The maximum Gasteiger partial charge on any atom is 0.338 e. The monoisotopic (exact) mass is 240 g/mol. The van der Waals surface area contributed by atoms with Crippen LogP contribution in [0, 0.1) is 10.1 Å². The number of non-ortho nitro benzene ring substituents is 1. The van der Waals surface area contributed by atoms with Crippen molar-refractivity contribution in [3.8, 4) is 0 Å². The Kier molecular flexibility index (Phi) is 4.13. The Bertz CT molecular complexity index is 444. The van der Waals surface area contributed by atoms with Crippen molar-refractivity contribution in [1.82, 2.24) is 5.06 Å². The first-order valence-corrected chi connectivity index (χ1v) is 4.71. The summed E-state index contributed by atoms with van der Waals surface area (Å²) >= 11 is 0. The molecule has 0 unspecified atom stereocenters. The lowest BCUT2D eigenvalue weighted by Crippen LogP contribution is -2.15. The molecule has 0 saturated carbocycles. The molecule has 1 rings (SSSR count). The SMILES string of the molecule is COC(=O)c1cc([N+](=O)[O-])ccc1CN(C)O. The Morgan fingerprint density at radius 3 is 2.71 bits per heavy atom. The second-order valence-electron chi connectivity index (χ2n) is 3.41. The maximum atomic E-state index is 11.4. The Morgan fingerprint density at radius 1 is 1.59 bits per heavy atom. The molecule has 0 fully saturated rings. The first kappa shape index (κ1) is 13.1. The molecule has 0 heterocycles. The fourth-order valence-corrected chi connectivity index (χ4v) is 1.36. The highest BCUT2D eigenvalue weighted by Gasteiger charge is 2.17. The Balaban J connectivity index is 3.21. The summed E-state index contributed by atoms with van der Waals surface area (Å²) in [7, 11) is 2.59. The van der Waals surface area contributed by atoms with Crippen molar-refractivity contribution in [2.45, 2.75) is 6.54 Å². The smallest absolute Gasteiger partial charge is 0.338 e. The summed E-state index contributed by atoms with van der Waals surface area (Å²) in [5.41, 5.74) is 0.324. The number of carbonyl (C=O) groups is 1. The molecule has 0 aliphatic carbocycles. The Labute approximate surface area is 97.3 Å². The van der Waals surface area contributed by atoms with Crippen molar-refractivity contribution in [2.75, 3.05) is 14.2 Å². The quantitative estimate of drug-likeness (QED) is 0.483. The molecule has 7 heteroatoms. The summed E-state index contributed by atoms with van der Waals surface area (Å²) in [6.07, 6.45) is 0. The summed E-state index contributed by atoms with van der Waals surface area (Å²) < 4.78 is 4.53. The minimum Gasteiger partial charge on any atom is -0.465 e. The molecular weight excluding hydrogens is 228 g/mol. The van der Waals surface area contributed by atoms with E-state index in [1.807, 2.05) is 0 Å². The standard InChI is InChI=1S/C10H12N2O5/c1-11(14)6-7-3-4-8(12(15)16)5-9(7)10(13)17-2/h3-5,14H,6H2,1-2H3. The summed E-state index contributed by atoms with van der Waals surface area (Å²) in [5, 5.41) is 20.6. The predicted octanol–water partition coefficient (Wildman–Crippen LogP) is 1.20. The number of carbonyl (C=O) groups excluding carboxylic acids is 1. The number of nitro groups is 1. The van der Waals surface area contributed by atoms with E-state index in [1.165, 1.54) is 26.3 Å². The lowest BCUT2D eigenvalue weighted by atomic mass is 10.1. The van der Waals surface area contributed by atoms with Crippen molar-refractivity contribution < 1.29 is 19.7 Å². The molecule has 0 amide bonds. The van der Waals surface area contributed by atoms with Gasteiger partial charge in [0, 0.05) is 25.7 Å². The van der Waals surface area contributed by atoms with Crippen LogP contribution in [-0.4, -0.2) is 35.3 Å². The van der Waals surface area contributed by atoms with E-state index in [9.17, 15) is 14.9 Å². The van der Waals surface area contributed by atoms with Gasteiger partial charge in [0.2, 0.25) is 0 Å². The molecule has 7 nitrogen and oxygen atoms in total. The summed E-state index contributed by atoms with van der Waals surface area (Å²) in [6, 6.07) is 3.81. The maximum absolute atomic E-state index is 11.4. The van der Waals surface area contributed by atoms with Crippen molar-refractivity contribution in [1.29, 1.82) is 0 Å². The van der Waals surface area contributed by atoms with E-state index < -0.39 is 10.9 Å². The van der Waals surface area contributed by atoms with E-state index in [0.717, 1.165) is 11.1 Å². The van der Waals surface area contributed by atoms with Crippen LogP contribution in [-0.2, 0) is 11.3 Å². The average Bonchev–Trinajstić information content (AvgIpc) is 2.27. The van der Waals surface area contributed by atoms with E-state index in [-0.39, 0.29) is 17.8 Å². The highest BCUT2D eigenvalue weighted by atomic mass is 16.6. The van der Waals surface area contributed by atoms with Gasteiger partial charge in [-0.1, -0.05) is 0 Å². The van der Waals surface area contributed by atoms with Crippen molar-refractivity contribution in [3.05, 3.63) is 39.4 Å². The van der Waals surface area contributed by atoms with E-state index in [2.05, 4.69) is 4.74 Å². The number of ether oxygens (including phenoxy) is 1. The molecule has 0 aliphatic heterocycles. The number of esters is 1. The zero-order valence-corrected chi connectivity index (χ0v) is 9.41. The van der Waals surface area contributed by atoms with E-state index in [0.29, 0.717) is 5.56 Å². The van der Waals surface area contributed by atoms with Gasteiger partial charge in [0.15, 0.2) is 0 Å². The number of nitrogens with zero attached hydrogens (tertiary/aromatic N) is 2. The molecule has 0 atom stereocenters. The third-order valence-corrected chi connectivity index (χ3v) is 2.11. The number of hydrogen-bond acceptors (Lipinski definition) is 6. The molecule has 0 saturated heterocycles. The lowest BCUT2D eigenvalue weighted by Gasteiger charge is -2.11. The van der Waals surface area contributed by atoms with Crippen LogP contribution in [0.1, 0.15) is 15.9 Å². The first-order chi connectivity index (χ1) is 7.95. The molecule has 17 heavy (non-hydrogen) atoms. The second kappa shape index (κ2) is 5.37. The Hall–Kier alpha value is -1.99. The normalized spacial score (nSPS) is 10.4. The van der Waals surface area contributed by atoms with Gasteiger partial charge in [0.25, 0.3) is 5.69 Å². The van der Waals surface area contributed by atoms with Crippen molar-refractivity contribution in [2.24, 2.45) is 0 Å². The number of hydroxylamine groups is 2. The van der Waals surface area contributed by atoms with E-state index in [4.69, 9.17) is 5.21 Å². The summed E-state index contributed by atoms with van der Waals surface area (Å²) in [5.74, 6) is -0.675. The first-order valence-electron chi connectivity index (χ1n) is 4.71. The minimum absolute atomic E-state index is 0.0719. The third-order valence-electron chi connectivity index (χ3n) is 2.11. The molecule has 0 aliphatic rings. The average molecular weight is 240 g/mol. The third kappa shape index (κ3) is 3.23. The van der Waals surface area contributed by atoms with Crippen LogP contribution in [0.25, 0.3) is 0 Å². The number of benzene rings is 1. The molecule has 1 N–H and O–H groups in total. The van der Waals surface area contributed by atoms with Gasteiger partial charge < -0.3 is 9.94 Å².